The quantitative estimate of drug-likeness (QED) is 0.193. The Morgan fingerprint density at radius 2 is 1.61 bits per heavy atom. The van der Waals surface area contributed by atoms with Gasteiger partial charge in [-0.3, -0.25) is 13.9 Å². The molecule has 238 valence electrons. The molecule has 3 aromatic rings. The van der Waals surface area contributed by atoms with Crippen molar-refractivity contribution < 1.29 is 27.5 Å². The highest BCUT2D eigenvalue weighted by atomic mass is 35.5. The van der Waals surface area contributed by atoms with E-state index < -0.39 is 28.5 Å². The number of sulfonamides is 1. The minimum absolute atomic E-state index is 0.00216. The highest BCUT2D eigenvalue weighted by Crippen LogP contribution is 2.34. The SMILES string of the molecule is CCCCNC(=O)C(CC)N(Cc1ccc(Cl)cc1Cl)C(=O)CN(c1ccc(OC)c(OC)c1)S(=O)(=O)c1ccc(C)cc1. The van der Waals surface area contributed by atoms with E-state index in [0.717, 1.165) is 22.7 Å². The zero-order chi connectivity index (χ0) is 32.4. The second kappa shape index (κ2) is 16.0. The number of nitrogens with one attached hydrogen (secondary N) is 1. The Morgan fingerprint density at radius 1 is 0.932 bits per heavy atom. The van der Waals surface area contributed by atoms with Gasteiger partial charge in [-0.05, 0) is 61.7 Å². The number of amides is 2. The van der Waals surface area contributed by atoms with Crippen LogP contribution in [0.1, 0.15) is 44.2 Å². The number of halogens is 2. The third-order valence-electron chi connectivity index (χ3n) is 7.11. The van der Waals surface area contributed by atoms with Crippen molar-refractivity contribution in [3.63, 3.8) is 0 Å². The molecule has 12 heteroatoms. The number of hydrogen-bond acceptors (Lipinski definition) is 6. The number of anilines is 1. The number of unbranched alkanes of at least 4 members (excludes halogenated alkanes) is 1. The average molecular weight is 665 g/mol. The van der Waals surface area contributed by atoms with E-state index in [1.165, 1.54) is 43.4 Å². The van der Waals surface area contributed by atoms with Gasteiger partial charge in [0.15, 0.2) is 11.5 Å². The molecule has 0 aromatic heterocycles. The number of ether oxygens (including phenoxy) is 2. The summed E-state index contributed by atoms with van der Waals surface area (Å²) in [6.45, 7) is 5.47. The van der Waals surface area contributed by atoms with Gasteiger partial charge in [-0.2, -0.15) is 0 Å². The Kier molecular flexibility index (Phi) is 12.7. The number of carbonyl (C=O) groups is 2. The van der Waals surface area contributed by atoms with Crippen LogP contribution >= 0.6 is 23.2 Å². The smallest absolute Gasteiger partial charge is 0.264 e. The van der Waals surface area contributed by atoms with Crippen LogP contribution in [0.2, 0.25) is 10.0 Å². The summed E-state index contributed by atoms with van der Waals surface area (Å²) in [5, 5.41) is 3.65. The number of aryl methyl sites for hydroxylation is 1. The largest absolute Gasteiger partial charge is 0.493 e. The summed E-state index contributed by atoms with van der Waals surface area (Å²) in [5.74, 6) is -0.255. The molecule has 0 radical (unpaired) electrons. The Bertz CT molecular complexity index is 1550. The van der Waals surface area contributed by atoms with Crippen molar-refractivity contribution in [2.45, 2.75) is 57.5 Å². The standard InChI is InChI=1S/C32H39Cl2N3O6S/c1-6-8-17-35-32(39)28(7-2)36(20-23-11-12-24(33)18-27(23)34)31(38)21-37(25-13-16-29(42-4)30(19-25)43-5)44(40,41)26-14-9-22(3)10-15-26/h9-16,18-19,28H,6-8,17,20-21H2,1-5H3,(H,35,39). The number of carbonyl (C=O) groups excluding carboxylic acids is 2. The monoisotopic (exact) mass is 663 g/mol. The van der Waals surface area contributed by atoms with Gasteiger partial charge >= 0.3 is 0 Å². The van der Waals surface area contributed by atoms with Gasteiger partial charge in [-0.1, -0.05) is 67.2 Å². The summed E-state index contributed by atoms with van der Waals surface area (Å²) in [6, 6.07) is 14.9. The summed E-state index contributed by atoms with van der Waals surface area (Å²) < 4.78 is 40.0. The van der Waals surface area contributed by atoms with Gasteiger partial charge in [0.25, 0.3) is 10.0 Å². The molecule has 0 saturated carbocycles. The number of methoxy groups -OCH3 is 2. The topological polar surface area (TPSA) is 105 Å². The zero-order valence-corrected chi connectivity index (χ0v) is 27.9. The summed E-state index contributed by atoms with van der Waals surface area (Å²) >= 11 is 12.6. The second-order valence-corrected chi connectivity index (χ2v) is 12.9. The molecule has 44 heavy (non-hydrogen) atoms. The van der Waals surface area contributed by atoms with Crippen LogP contribution in [0.25, 0.3) is 0 Å². The van der Waals surface area contributed by atoms with Crippen molar-refractivity contribution in [2.75, 3.05) is 31.6 Å². The summed E-state index contributed by atoms with van der Waals surface area (Å²) in [5.41, 5.74) is 1.62. The molecular formula is C32H39Cl2N3O6S. The average Bonchev–Trinajstić information content (AvgIpc) is 3.00. The molecule has 0 heterocycles. The van der Waals surface area contributed by atoms with Crippen LogP contribution in [0.3, 0.4) is 0 Å². The van der Waals surface area contributed by atoms with Gasteiger partial charge < -0.3 is 19.7 Å². The minimum Gasteiger partial charge on any atom is -0.493 e. The Hall–Kier alpha value is -3.47. The number of nitrogens with zero attached hydrogens (tertiary/aromatic N) is 2. The molecule has 3 aromatic carbocycles. The maximum Gasteiger partial charge on any atom is 0.264 e. The fourth-order valence-corrected chi connectivity index (χ4v) is 6.48. The highest BCUT2D eigenvalue weighted by Gasteiger charge is 2.34. The predicted molar refractivity (Wildman–Crippen MR) is 174 cm³/mol. The molecule has 0 spiro atoms. The van der Waals surface area contributed by atoms with E-state index in [-0.39, 0.29) is 35.2 Å². The number of rotatable bonds is 15. The fourth-order valence-electron chi connectivity index (χ4n) is 4.61. The maximum absolute atomic E-state index is 14.3. The normalized spacial score (nSPS) is 11.9. The molecule has 0 aliphatic heterocycles. The van der Waals surface area contributed by atoms with Crippen molar-refractivity contribution in [3.05, 3.63) is 81.8 Å². The molecule has 3 rings (SSSR count). The Labute approximate surface area is 270 Å². The van der Waals surface area contributed by atoms with Crippen LogP contribution in [0.15, 0.2) is 65.6 Å². The van der Waals surface area contributed by atoms with Gasteiger partial charge in [0.1, 0.15) is 12.6 Å². The third-order valence-corrected chi connectivity index (χ3v) is 9.49. The third kappa shape index (κ3) is 8.58. The molecule has 0 fully saturated rings. The van der Waals surface area contributed by atoms with E-state index >= 15 is 0 Å². The van der Waals surface area contributed by atoms with Crippen molar-refractivity contribution in [3.8, 4) is 11.5 Å². The molecule has 0 aliphatic rings. The lowest BCUT2D eigenvalue weighted by molar-refractivity contribution is -0.140. The molecule has 0 bridgehead atoms. The zero-order valence-electron chi connectivity index (χ0n) is 25.6. The predicted octanol–water partition coefficient (Wildman–Crippen LogP) is 6.24. The van der Waals surface area contributed by atoms with Gasteiger partial charge in [0.2, 0.25) is 11.8 Å². The number of hydrogen-bond donors (Lipinski definition) is 1. The summed E-state index contributed by atoms with van der Waals surface area (Å²) in [4.78, 5) is 29.0. The summed E-state index contributed by atoms with van der Waals surface area (Å²) in [7, 11) is -1.35. The highest BCUT2D eigenvalue weighted by molar-refractivity contribution is 7.92. The van der Waals surface area contributed by atoms with Crippen LogP contribution in [-0.4, -0.2) is 58.5 Å². The maximum atomic E-state index is 14.3. The van der Waals surface area contributed by atoms with E-state index in [4.69, 9.17) is 32.7 Å². The van der Waals surface area contributed by atoms with Crippen molar-refractivity contribution in [1.82, 2.24) is 10.2 Å². The lowest BCUT2D eigenvalue weighted by Gasteiger charge is -2.33. The first kappa shape index (κ1) is 35.0. The van der Waals surface area contributed by atoms with Crippen molar-refractivity contribution >= 4 is 50.7 Å². The van der Waals surface area contributed by atoms with Gasteiger partial charge in [-0.15, -0.1) is 0 Å². The Morgan fingerprint density at radius 3 is 2.20 bits per heavy atom. The fraction of sp³-hybridized carbons (Fsp3) is 0.375. The Balaban J connectivity index is 2.12. The second-order valence-electron chi connectivity index (χ2n) is 10.2. The molecule has 9 nitrogen and oxygen atoms in total. The lowest BCUT2D eigenvalue weighted by atomic mass is 10.1. The van der Waals surface area contributed by atoms with E-state index in [1.54, 1.807) is 43.3 Å². The molecule has 1 N–H and O–H groups in total. The van der Waals surface area contributed by atoms with Crippen LogP contribution in [0.4, 0.5) is 5.69 Å². The van der Waals surface area contributed by atoms with Crippen LogP contribution in [0.5, 0.6) is 11.5 Å². The van der Waals surface area contributed by atoms with Crippen LogP contribution in [0, 0.1) is 6.92 Å². The molecule has 1 unspecified atom stereocenters. The molecule has 0 aliphatic carbocycles. The van der Waals surface area contributed by atoms with E-state index in [0.29, 0.717) is 27.9 Å². The minimum atomic E-state index is -4.26. The molecular weight excluding hydrogens is 625 g/mol. The van der Waals surface area contributed by atoms with Crippen molar-refractivity contribution in [2.24, 2.45) is 0 Å². The first-order chi connectivity index (χ1) is 21.0. The van der Waals surface area contributed by atoms with Gasteiger partial charge in [0, 0.05) is 29.2 Å². The van der Waals surface area contributed by atoms with Gasteiger partial charge in [-0.25, -0.2) is 8.42 Å². The van der Waals surface area contributed by atoms with E-state index in [2.05, 4.69) is 5.32 Å². The van der Waals surface area contributed by atoms with Gasteiger partial charge in [0.05, 0.1) is 24.8 Å². The first-order valence-electron chi connectivity index (χ1n) is 14.3. The molecule has 1 atom stereocenters. The van der Waals surface area contributed by atoms with Crippen LogP contribution < -0.4 is 19.1 Å². The van der Waals surface area contributed by atoms with Crippen LogP contribution in [-0.2, 0) is 26.2 Å². The number of benzene rings is 3. The lowest BCUT2D eigenvalue weighted by Crippen LogP contribution is -2.52. The van der Waals surface area contributed by atoms with Crippen molar-refractivity contribution in [1.29, 1.82) is 0 Å². The summed E-state index contributed by atoms with van der Waals surface area (Å²) in [6.07, 6.45) is 1.95. The molecule has 2 amide bonds. The first-order valence-corrected chi connectivity index (χ1v) is 16.5. The van der Waals surface area contributed by atoms with E-state index in [9.17, 15) is 18.0 Å². The molecule has 0 saturated heterocycles. The van der Waals surface area contributed by atoms with E-state index in [1.807, 2.05) is 13.8 Å².